The molecule has 1 aromatic carbocycles. The van der Waals surface area contributed by atoms with Crippen LogP contribution >= 0.6 is 12.4 Å². The number of benzene rings is 1. The maximum Gasteiger partial charge on any atom is 0.156 e. The van der Waals surface area contributed by atoms with Gasteiger partial charge in [-0.2, -0.15) is 0 Å². The Balaban J connectivity index is 0.00000144. The standard InChI is InChI=1S/C15H14FN5.ClH/c16-12-4-2-1-3-10(12)9-21-13-7-8-17-15(14(13)19-20-21)18-11-5-6-11;/h1-4,7-8,11H,5-6,9H2,(H,17,18);1H. The lowest BCUT2D eigenvalue weighted by Crippen LogP contribution is -2.05. The van der Waals surface area contributed by atoms with E-state index in [1.54, 1.807) is 23.0 Å². The molecule has 0 amide bonds. The van der Waals surface area contributed by atoms with Crippen LogP contribution in [-0.4, -0.2) is 26.0 Å². The summed E-state index contributed by atoms with van der Waals surface area (Å²) in [7, 11) is 0. The van der Waals surface area contributed by atoms with Crippen LogP contribution in [0, 0.1) is 5.82 Å². The highest BCUT2D eigenvalue weighted by Crippen LogP contribution is 2.27. The van der Waals surface area contributed by atoms with Gasteiger partial charge in [-0.15, -0.1) is 17.5 Å². The van der Waals surface area contributed by atoms with Crippen molar-refractivity contribution in [2.45, 2.75) is 25.4 Å². The molecule has 0 atom stereocenters. The first-order valence-electron chi connectivity index (χ1n) is 6.99. The number of nitrogens with zero attached hydrogens (tertiary/aromatic N) is 4. The summed E-state index contributed by atoms with van der Waals surface area (Å²) in [6.07, 6.45) is 4.07. The van der Waals surface area contributed by atoms with E-state index in [9.17, 15) is 4.39 Å². The maximum atomic E-state index is 13.8. The summed E-state index contributed by atoms with van der Waals surface area (Å²) in [6.45, 7) is 0.357. The van der Waals surface area contributed by atoms with Crippen LogP contribution in [0.5, 0.6) is 0 Å². The van der Waals surface area contributed by atoms with Gasteiger partial charge in [0.05, 0.1) is 12.1 Å². The van der Waals surface area contributed by atoms with Crippen molar-refractivity contribution < 1.29 is 4.39 Å². The topological polar surface area (TPSA) is 55.6 Å². The lowest BCUT2D eigenvalue weighted by Gasteiger charge is -2.05. The zero-order valence-corrected chi connectivity index (χ0v) is 12.6. The average Bonchev–Trinajstić information content (AvgIpc) is 3.21. The highest BCUT2D eigenvalue weighted by atomic mass is 35.5. The quantitative estimate of drug-likeness (QED) is 0.803. The minimum atomic E-state index is -0.230. The van der Waals surface area contributed by atoms with E-state index in [1.807, 2.05) is 12.1 Å². The molecule has 5 nitrogen and oxygen atoms in total. The molecule has 2 aromatic heterocycles. The Morgan fingerprint density at radius 3 is 2.82 bits per heavy atom. The summed E-state index contributed by atoms with van der Waals surface area (Å²) in [6, 6.07) is 9.07. The predicted octanol–water partition coefficient (Wildman–Crippen LogP) is 3.01. The molecule has 114 valence electrons. The number of fused-ring (bicyclic) bond motifs is 1. The molecule has 1 fully saturated rings. The molecule has 0 spiro atoms. The van der Waals surface area contributed by atoms with Crippen molar-refractivity contribution in [1.29, 1.82) is 0 Å². The molecule has 2 heterocycles. The van der Waals surface area contributed by atoms with Gasteiger partial charge >= 0.3 is 0 Å². The molecule has 1 N–H and O–H groups in total. The number of anilines is 1. The zero-order chi connectivity index (χ0) is 14.2. The predicted molar refractivity (Wildman–Crippen MR) is 84.7 cm³/mol. The number of hydrogen-bond donors (Lipinski definition) is 1. The van der Waals surface area contributed by atoms with Gasteiger partial charge in [0.15, 0.2) is 11.3 Å². The monoisotopic (exact) mass is 319 g/mol. The lowest BCUT2D eigenvalue weighted by molar-refractivity contribution is 0.583. The smallest absolute Gasteiger partial charge is 0.156 e. The van der Waals surface area contributed by atoms with Crippen molar-refractivity contribution in [3.8, 4) is 0 Å². The van der Waals surface area contributed by atoms with Crippen LogP contribution < -0.4 is 5.32 Å². The molecule has 7 heteroatoms. The molecule has 0 unspecified atom stereocenters. The minimum Gasteiger partial charge on any atom is -0.365 e. The molecule has 0 aliphatic heterocycles. The van der Waals surface area contributed by atoms with Crippen molar-refractivity contribution in [1.82, 2.24) is 20.0 Å². The van der Waals surface area contributed by atoms with Crippen molar-refractivity contribution in [3.63, 3.8) is 0 Å². The number of halogens is 2. The fourth-order valence-corrected chi connectivity index (χ4v) is 2.33. The van der Waals surface area contributed by atoms with Crippen LogP contribution in [-0.2, 0) is 6.54 Å². The van der Waals surface area contributed by atoms with Gasteiger partial charge in [0.25, 0.3) is 0 Å². The number of hydrogen-bond acceptors (Lipinski definition) is 4. The van der Waals surface area contributed by atoms with Gasteiger partial charge in [-0.3, -0.25) is 0 Å². The molecule has 0 saturated heterocycles. The lowest BCUT2D eigenvalue weighted by atomic mass is 10.2. The number of nitrogens with one attached hydrogen (secondary N) is 1. The van der Waals surface area contributed by atoms with E-state index in [-0.39, 0.29) is 18.2 Å². The van der Waals surface area contributed by atoms with E-state index in [0.717, 1.165) is 16.9 Å². The van der Waals surface area contributed by atoms with Crippen molar-refractivity contribution in [2.24, 2.45) is 0 Å². The summed E-state index contributed by atoms with van der Waals surface area (Å²) in [5.74, 6) is 0.529. The van der Waals surface area contributed by atoms with Gasteiger partial charge in [-0.1, -0.05) is 23.4 Å². The average molecular weight is 320 g/mol. The fraction of sp³-hybridized carbons (Fsp3) is 0.267. The second-order valence-corrected chi connectivity index (χ2v) is 5.28. The first-order valence-corrected chi connectivity index (χ1v) is 6.99. The van der Waals surface area contributed by atoms with Gasteiger partial charge in [0, 0.05) is 17.8 Å². The first-order chi connectivity index (χ1) is 10.3. The third-order valence-electron chi connectivity index (χ3n) is 3.63. The van der Waals surface area contributed by atoms with Crippen molar-refractivity contribution >= 4 is 29.3 Å². The van der Waals surface area contributed by atoms with E-state index in [0.29, 0.717) is 18.2 Å². The van der Waals surface area contributed by atoms with Gasteiger partial charge in [0.1, 0.15) is 5.82 Å². The number of aromatic nitrogens is 4. The summed E-state index contributed by atoms with van der Waals surface area (Å²) < 4.78 is 15.5. The summed E-state index contributed by atoms with van der Waals surface area (Å²) >= 11 is 0. The third kappa shape index (κ3) is 2.74. The highest BCUT2D eigenvalue weighted by Gasteiger charge is 2.23. The highest BCUT2D eigenvalue weighted by molar-refractivity contribution is 5.85. The van der Waals surface area contributed by atoms with Crippen LogP contribution in [0.4, 0.5) is 10.2 Å². The third-order valence-corrected chi connectivity index (χ3v) is 3.63. The Hall–Kier alpha value is -2.21. The van der Waals surface area contributed by atoms with Crippen molar-refractivity contribution in [2.75, 3.05) is 5.32 Å². The Labute approximate surface area is 133 Å². The van der Waals surface area contributed by atoms with Gasteiger partial charge < -0.3 is 5.32 Å². The molecular formula is C15H15ClFN5. The molecule has 4 rings (SSSR count). The molecule has 0 radical (unpaired) electrons. The molecule has 0 bridgehead atoms. The molecular weight excluding hydrogens is 305 g/mol. The second kappa shape index (κ2) is 5.88. The van der Waals surface area contributed by atoms with Gasteiger partial charge in [-0.05, 0) is 25.0 Å². The molecule has 3 aromatic rings. The fourth-order valence-electron chi connectivity index (χ4n) is 2.33. The largest absolute Gasteiger partial charge is 0.365 e. The summed E-state index contributed by atoms with van der Waals surface area (Å²) in [5.41, 5.74) is 2.19. The summed E-state index contributed by atoms with van der Waals surface area (Å²) in [5, 5.41) is 11.7. The van der Waals surface area contributed by atoms with Crippen LogP contribution in [0.1, 0.15) is 18.4 Å². The van der Waals surface area contributed by atoms with Crippen LogP contribution in [0.15, 0.2) is 36.5 Å². The van der Waals surface area contributed by atoms with E-state index in [1.165, 1.54) is 18.9 Å². The van der Waals surface area contributed by atoms with Crippen LogP contribution in [0.2, 0.25) is 0 Å². The Morgan fingerprint density at radius 1 is 1.23 bits per heavy atom. The Morgan fingerprint density at radius 2 is 2.05 bits per heavy atom. The maximum absolute atomic E-state index is 13.8. The van der Waals surface area contributed by atoms with E-state index in [2.05, 4.69) is 20.6 Å². The molecule has 1 aliphatic rings. The number of pyridine rings is 1. The second-order valence-electron chi connectivity index (χ2n) is 5.28. The Bertz CT molecular complexity index is 799. The van der Waals surface area contributed by atoms with E-state index >= 15 is 0 Å². The Kier molecular flexibility index (Phi) is 3.94. The van der Waals surface area contributed by atoms with E-state index in [4.69, 9.17) is 0 Å². The first kappa shape index (κ1) is 14.7. The molecule has 22 heavy (non-hydrogen) atoms. The summed E-state index contributed by atoms with van der Waals surface area (Å²) in [4.78, 5) is 4.32. The normalized spacial score (nSPS) is 13.9. The molecule has 1 saturated carbocycles. The van der Waals surface area contributed by atoms with Crippen molar-refractivity contribution in [3.05, 3.63) is 47.9 Å². The van der Waals surface area contributed by atoms with Crippen LogP contribution in [0.3, 0.4) is 0 Å². The van der Waals surface area contributed by atoms with Gasteiger partial charge in [0.2, 0.25) is 0 Å². The zero-order valence-electron chi connectivity index (χ0n) is 11.7. The molecule has 1 aliphatic carbocycles. The SMILES string of the molecule is Cl.Fc1ccccc1Cn1nnc2c(NC3CC3)nccc21. The van der Waals surface area contributed by atoms with Gasteiger partial charge in [-0.25, -0.2) is 14.1 Å². The van der Waals surface area contributed by atoms with E-state index < -0.39 is 0 Å². The number of rotatable bonds is 4. The minimum absolute atomic E-state index is 0. The van der Waals surface area contributed by atoms with Crippen LogP contribution in [0.25, 0.3) is 11.0 Å².